The van der Waals surface area contributed by atoms with E-state index in [0.29, 0.717) is 39.5 Å². The van der Waals surface area contributed by atoms with Crippen molar-refractivity contribution in [1.29, 1.82) is 0 Å². The minimum absolute atomic E-state index is 0.222. The van der Waals surface area contributed by atoms with Crippen molar-refractivity contribution in [2.75, 3.05) is 13.7 Å². The summed E-state index contributed by atoms with van der Waals surface area (Å²) in [4.78, 5) is 20.7. The summed E-state index contributed by atoms with van der Waals surface area (Å²) in [7, 11) is 1.39. The summed E-state index contributed by atoms with van der Waals surface area (Å²) in [6.07, 6.45) is 13.1. The van der Waals surface area contributed by atoms with E-state index in [9.17, 15) is 9.90 Å². The first-order valence-corrected chi connectivity index (χ1v) is 23.2. The topological polar surface area (TPSA) is 91.4 Å². The third-order valence-electron chi connectivity index (χ3n) is 10.8. The minimum Gasteiger partial charge on any atom is -0.508 e. The van der Waals surface area contributed by atoms with Crippen molar-refractivity contribution in [1.82, 2.24) is 19.1 Å². The third kappa shape index (κ3) is 13.1. The Morgan fingerprint density at radius 3 is 1.40 bits per heavy atom. The van der Waals surface area contributed by atoms with Crippen LogP contribution in [0.4, 0.5) is 0 Å². The molecule has 0 radical (unpaired) electrons. The molecule has 8 nitrogen and oxygen atoms in total. The molecule has 0 fully saturated rings. The van der Waals surface area contributed by atoms with Gasteiger partial charge in [-0.05, 0) is 126 Å². The SMILES string of the molecule is CCn1cc(-c2ccc(Cl)cc2Cl)nc1C=Cc1ccc(-c2ccc(O)cc2)cc1.CCn1cc(-c2ccc(Cl)cc2Cl)nc1C=Cc1ccc(-c2ccc(OCCCC(=O)OC)cc2)cc1. The number of aromatic nitrogens is 4. The molecule has 0 saturated heterocycles. The van der Waals surface area contributed by atoms with E-state index in [1.54, 1.807) is 24.3 Å². The maximum atomic E-state index is 11.2. The zero-order chi connectivity index (χ0) is 47.3. The second-order valence-electron chi connectivity index (χ2n) is 15.3. The van der Waals surface area contributed by atoms with Crippen LogP contribution < -0.4 is 4.74 Å². The normalized spacial score (nSPS) is 11.2. The van der Waals surface area contributed by atoms with Crippen LogP contribution in [0.2, 0.25) is 20.1 Å². The standard InChI is InChI=1S/C30H28Cl2N2O3.C25H20Cl2N2O/c1-3-34-20-28(26-16-13-24(31)19-27(26)32)33-29(34)17-8-21-6-9-22(10-7-21)23-11-14-25(15-12-23)37-18-4-5-30(35)36-2;1-2-29-16-24(22-13-10-20(26)15-23(22)27)28-25(29)14-5-17-3-6-18(7-4-17)19-8-11-21(30)12-9-19/h6-17,19-20H,3-5,18H2,1-2H3;3-16,30H,2H2,1H3. The molecule has 0 bridgehead atoms. The smallest absolute Gasteiger partial charge is 0.305 e. The van der Waals surface area contributed by atoms with Crippen LogP contribution in [0.5, 0.6) is 11.5 Å². The molecule has 8 rings (SSSR count). The van der Waals surface area contributed by atoms with E-state index in [0.717, 1.165) is 86.4 Å². The van der Waals surface area contributed by atoms with Crippen LogP contribution in [-0.4, -0.2) is 43.9 Å². The van der Waals surface area contributed by atoms with Gasteiger partial charge in [0.15, 0.2) is 0 Å². The second-order valence-corrected chi connectivity index (χ2v) is 17.0. The lowest BCUT2D eigenvalue weighted by atomic mass is 10.0. The Morgan fingerprint density at radius 1 is 0.582 bits per heavy atom. The number of carbonyl (C=O) groups is 1. The Hall–Kier alpha value is -6.55. The highest BCUT2D eigenvalue weighted by Crippen LogP contribution is 2.32. The van der Waals surface area contributed by atoms with E-state index in [-0.39, 0.29) is 11.7 Å². The van der Waals surface area contributed by atoms with E-state index < -0.39 is 0 Å². The molecule has 8 aromatic rings. The molecule has 0 saturated carbocycles. The van der Waals surface area contributed by atoms with E-state index in [1.807, 2.05) is 91.3 Å². The number of carbonyl (C=O) groups excluding carboxylic acids is 1. The second kappa shape index (κ2) is 23.3. The molecule has 2 aromatic heterocycles. The van der Waals surface area contributed by atoms with Gasteiger partial charge in [-0.3, -0.25) is 4.79 Å². The van der Waals surface area contributed by atoms with Crippen molar-refractivity contribution in [3.8, 4) is 56.3 Å². The molecule has 0 aliphatic rings. The third-order valence-corrected chi connectivity index (χ3v) is 11.9. The summed E-state index contributed by atoms with van der Waals surface area (Å²) in [6, 6.07) is 42.6. The molecule has 340 valence electrons. The molecule has 0 unspecified atom stereocenters. The highest BCUT2D eigenvalue weighted by Gasteiger charge is 2.13. The number of benzene rings is 6. The average molecular weight is 971 g/mol. The van der Waals surface area contributed by atoms with Crippen molar-refractivity contribution in [3.63, 3.8) is 0 Å². The molecular weight excluding hydrogens is 922 g/mol. The summed E-state index contributed by atoms with van der Waals surface area (Å²) in [5.41, 5.74) is 9.88. The zero-order valence-corrected chi connectivity index (χ0v) is 40.2. The molecule has 12 heteroatoms. The number of halogens is 4. The Bertz CT molecular complexity index is 2980. The lowest BCUT2D eigenvalue weighted by Crippen LogP contribution is -2.04. The highest BCUT2D eigenvalue weighted by atomic mass is 35.5. The number of aryl methyl sites for hydroxylation is 2. The first kappa shape index (κ1) is 48.4. The predicted octanol–water partition coefficient (Wildman–Crippen LogP) is 15.5. The van der Waals surface area contributed by atoms with Crippen LogP contribution in [0.25, 0.3) is 69.1 Å². The summed E-state index contributed by atoms with van der Waals surface area (Å²) in [5.74, 6) is 2.54. The lowest BCUT2D eigenvalue weighted by Gasteiger charge is -2.07. The molecule has 1 N–H and O–H groups in total. The number of esters is 1. The Morgan fingerprint density at radius 2 is 1.00 bits per heavy atom. The molecule has 0 aliphatic heterocycles. The molecule has 0 amide bonds. The maximum absolute atomic E-state index is 11.2. The monoisotopic (exact) mass is 968 g/mol. The summed E-state index contributed by atoms with van der Waals surface area (Å²) in [6.45, 7) is 6.23. The van der Waals surface area contributed by atoms with Gasteiger partial charge in [0.05, 0.1) is 35.1 Å². The van der Waals surface area contributed by atoms with E-state index >= 15 is 0 Å². The average Bonchev–Trinajstić information content (AvgIpc) is 3.96. The number of hydrogen-bond acceptors (Lipinski definition) is 6. The maximum Gasteiger partial charge on any atom is 0.305 e. The molecular formula is C55H48Cl4N4O4. The molecule has 67 heavy (non-hydrogen) atoms. The molecule has 0 atom stereocenters. The Balaban J connectivity index is 0.000000203. The summed E-state index contributed by atoms with van der Waals surface area (Å²) >= 11 is 24.8. The number of phenolic OH excluding ortho intramolecular Hbond substituents is 1. The van der Waals surface area contributed by atoms with Crippen molar-refractivity contribution in [2.24, 2.45) is 0 Å². The van der Waals surface area contributed by atoms with Crippen molar-refractivity contribution < 1.29 is 19.4 Å². The number of aromatic hydroxyl groups is 1. The van der Waals surface area contributed by atoms with Crippen LogP contribution in [0.1, 0.15) is 49.5 Å². The van der Waals surface area contributed by atoms with E-state index in [1.165, 1.54) is 7.11 Å². The van der Waals surface area contributed by atoms with Gasteiger partial charge < -0.3 is 23.7 Å². The van der Waals surface area contributed by atoms with E-state index in [2.05, 4.69) is 82.3 Å². The van der Waals surface area contributed by atoms with Gasteiger partial charge in [0.25, 0.3) is 0 Å². The van der Waals surface area contributed by atoms with Gasteiger partial charge in [0, 0.05) is 53.1 Å². The van der Waals surface area contributed by atoms with E-state index in [4.69, 9.17) is 61.1 Å². The van der Waals surface area contributed by atoms with Crippen molar-refractivity contribution in [2.45, 2.75) is 39.8 Å². The van der Waals surface area contributed by atoms with Gasteiger partial charge in [0.1, 0.15) is 23.1 Å². The van der Waals surface area contributed by atoms with Crippen LogP contribution in [-0.2, 0) is 22.6 Å². The largest absolute Gasteiger partial charge is 0.508 e. The molecule has 0 spiro atoms. The number of methoxy groups -OCH3 is 1. The number of imidazole rings is 2. The summed E-state index contributed by atoms with van der Waals surface area (Å²) < 4.78 is 14.5. The zero-order valence-electron chi connectivity index (χ0n) is 37.2. The fourth-order valence-electron chi connectivity index (χ4n) is 7.11. The number of rotatable bonds is 15. The number of hydrogen-bond donors (Lipinski definition) is 1. The van der Waals surface area contributed by atoms with Crippen LogP contribution in [0, 0.1) is 0 Å². The molecule has 2 heterocycles. The van der Waals surface area contributed by atoms with Gasteiger partial charge in [-0.2, -0.15) is 0 Å². The fourth-order valence-corrected chi connectivity index (χ4v) is 8.12. The summed E-state index contributed by atoms with van der Waals surface area (Å²) in [5, 5.41) is 11.8. The fraction of sp³-hybridized carbons (Fsp3) is 0.145. The van der Waals surface area contributed by atoms with Crippen LogP contribution >= 0.6 is 46.4 Å². The number of phenols is 1. The first-order valence-electron chi connectivity index (χ1n) is 21.7. The quantitative estimate of drug-likeness (QED) is 0.0813. The van der Waals surface area contributed by atoms with Crippen molar-refractivity contribution in [3.05, 3.63) is 189 Å². The van der Waals surface area contributed by atoms with Gasteiger partial charge in [-0.1, -0.05) is 131 Å². The molecule has 6 aromatic carbocycles. The van der Waals surface area contributed by atoms with Gasteiger partial charge in [0.2, 0.25) is 0 Å². The lowest BCUT2D eigenvalue weighted by molar-refractivity contribution is -0.140. The van der Waals surface area contributed by atoms with Gasteiger partial charge >= 0.3 is 5.97 Å². The Kier molecular flexibility index (Phi) is 16.8. The number of nitrogens with zero attached hydrogens (tertiary/aromatic N) is 4. The number of ether oxygens (including phenoxy) is 2. The Labute approximate surface area is 411 Å². The molecule has 0 aliphatic carbocycles. The van der Waals surface area contributed by atoms with Crippen LogP contribution in [0.15, 0.2) is 146 Å². The minimum atomic E-state index is -0.222. The van der Waals surface area contributed by atoms with Crippen LogP contribution in [0.3, 0.4) is 0 Å². The van der Waals surface area contributed by atoms with Gasteiger partial charge in [-0.25, -0.2) is 9.97 Å². The first-order chi connectivity index (χ1) is 32.5. The van der Waals surface area contributed by atoms with Crippen molar-refractivity contribution >= 4 is 76.7 Å². The van der Waals surface area contributed by atoms with Gasteiger partial charge in [-0.15, -0.1) is 0 Å². The highest BCUT2D eigenvalue weighted by molar-refractivity contribution is 6.37. The predicted molar refractivity (Wildman–Crippen MR) is 277 cm³/mol.